The zero-order valence-corrected chi connectivity index (χ0v) is 10.4. The third kappa shape index (κ3) is 2.90. The Morgan fingerprint density at radius 1 is 1.28 bits per heavy atom. The lowest BCUT2D eigenvalue weighted by atomic mass is 10.2. The van der Waals surface area contributed by atoms with E-state index in [2.05, 4.69) is 4.98 Å². The van der Waals surface area contributed by atoms with Crippen LogP contribution in [0.1, 0.15) is 5.56 Å². The maximum absolute atomic E-state index is 13.8. The Bertz CT molecular complexity index is 534. The number of benzene rings is 1. The third-order valence-electron chi connectivity index (χ3n) is 2.30. The van der Waals surface area contributed by atoms with Crippen LogP contribution in [-0.2, 0) is 6.61 Å². The van der Waals surface area contributed by atoms with Crippen LogP contribution in [0.15, 0.2) is 36.4 Å². The molecule has 0 bridgehead atoms. The van der Waals surface area contributed by atoms with Crippen LogP contribution < -0.4 is 9.47 Å². The van der Waals surface area contributed by atoms with Gasteiger partial charge in [0.05, 0.1) is 7.11 Å². The van der Waals surface area contributed by atoms with Gasteiger partial charge in [-0.1, -0.05) is 41.9 Å². The number of rotatable bonds is 4. The van der Waals surface area contributed by atoms with Crippen molar-refractivity contribution < 1.29 is 13.9 Å². The number of pyridine rings is 1. The number of ether oxygens (including phenoxy) is 2. The van der Waals surface area contributed by atoms with E-state index in [-0.39, 0.29) is 23.4 Å². The fraction of sp³-hybridized carbons (Fsp3) is 0.154. The summed E-state index contributed by atoms with van der Waals surface area (Å²) >= 11 is 5.74. The minimum Gasteiger partial charge on any atom is -0.493 e. The molecule has 0 spiro atoms. The molecule has 1 aromatic heterocycles. The lowest BCUT2D eigenvalue weighted by Crippen LogP contribution is -2.01. The van der Waals surface area contributed by atoms with Gasteiger partial charge in [-0.15, -0.1) is 0 Å². The molecule has 2 aromatic rings. The normalized spacial score (nSPS) is 10.2. The summed E-state index contributed by atoms with van der Waals surface area (Å²) in [6.45, 7) is 0.217. The van der Waals surface area contributed by atoms with E-state index < -0.39 is 5.82 Å². The van der Waals surface area contributed by atoms with Crippen molar-refractivity contribution in [2.24, 2.45) is 0 Å². The van der Waals surface area contributed by atoms with E-state index >= 15 is 0 Å². The summed E-state index contributed by atoms with van der Waals surface area (Å²) < 4.78 is 23.9. The molecule has 0 aliphatic rings. The highest BCUT2D eigenvalue weighted by Gasteiger charge is 2.14. The average molecular weight is 268 g/mol. The van der Waals surface area contributed by atoms with E-state index in [0.717, 1.165) is 5.56 Å². The fourth-order valence-corrected chi connectivity index (χ4v) is 1.60. The van der Waals surface area contributed by atoms with Crippen LogP contribution >= 0.6 is 11.6 Å². The SMILES string of the molecule is COc1cc(Cl)nc(OCc2ccccc2)c1F. The first-order chi connectivity index (χ1) is 8.70. The van der Waals surface area contributed by atoms with Crippen LogP contribution in [0.3, 0.4) is 0 Å². The van der Waals surface area contributed by atoms with Crippen LogP contribution in [-0.4, -0.2) is 12.1 Å². The topological polar surface area (TPSA) is 31.4 Å². The van der Waals surface area contributed by atoms with Gasteiger partial charge in [-0.2, -0.15) is 9.37 Å². The number of hydrogen-bond acceptors (Lipinski definition) is 3. The molecule has 0 radical (unpaired) electrons. The molecule has 0 atom stereocenters. The molecule has 0 fully saturated rings. The van der Waals surface area contributed by atoms with Gasteiger partial charge < -0.3 is 9.47 Å². The molecule has 0 N–H and O–H groups in total. The molecule has 0 saturated carbocycles. The van der Waals surface area contributed by atoms with Gasteiger partial charge in [-0.3, -0.25) is 0 Å². The molecule has 0 aliphatic heterocycles. The summed E-state index contributed by atoms with van der Waals surface area (Å²) in [4.78, 5) is 3.78. The zero-order chi connectivity index (χ0) is 13.0. The van der Waals surface area contributed by atoms with E-state index in [0.29, 0.717) is 0 Å². The Labute approximate surface area is 109 Å². The highest BCUT2D eigenvalue weighted by Crippen LogP contribution is 2.28. The Morgan fingerprint density at radius 3 is 2.67 bits per heavy atom. The van der Waals surface area contributed by atoms with Crippen LogP contribution in [0.2, 0.25) is 5.15 Å². The molecule has 94 valence electrons. The van der Waals surface area contributed by atoms with Crippen molar-refractivity contribution in [3.63, 3.8) is 0 Å². The first kappa shape index (κ1) is 12.6. The molecule has 0 saturated heterocycles. The molecule has 3 nitrogen and oxygen atoms in total. The van der Waals surface area contributed by atoms with Gasteiger partial charge >= 0.3 is 0 Å². The number of hydrogen-bond donors (Lipinski definition) is 0. The standard InChI is InChI=1S/C13H11ClFNO2/c1-17-10-7-11(14)16-13(12(10)15)18-8-9-5-3-2-4-6-9/h2-7H,8H2,1H3. The second-order valence-electron chi connectivity index (χ2n) is 3.54. The molecule has 5 heteroatoms. The van der Waals surface area contributed by atoms with Gasteiger partial charge in [0.15, 0.2) is 5.75 Å². The molecular weight excluding hydrogens is 257 g/mol. The van der Waals surface area contributed by atoms with Crippen LogP contribution in [0, 0.1) is 5.82 Å². The van der Waals surface area contributed by atoms with Crippen LogP contribution in [0.4, 0.5) is 4.39 Å². The Kier molecular flexibility index (Phi) is 3.99. The van der Waals surface area contributed by atoms with E-state index in [1.165, 1.54) is 13.2 Å². The molecule has 18 heavy (non-hydrogen) atoms. The maximum atomic E-state index is 13.8. The van der Waals surface area contributed by atoms with Gasteiger partial charge in [-0.25, -0.2) is 0 Å². The van der Waals surface area contributed by atoms with E-state index in [1.807, 2.05) is 30.3 Å². The lowest BCUT2D eigenvalue weighted by Gasteiger charge is -2.09. The molecule has 0 aliphatic carbocycles. The van der Waals surface area contributed by atoms with Crippen molar-refractivity contribution in [2.75, 3.05) is 7.11 Å². The summed E-state index contributed by atoms with van der Waals surface area (Å²) in [5.41, 5.74) is 0.914. The van der Waals surface area contributed by atoms with Crippen LogP contribution in [0.25, 0.3) is 0 Å². The molecule has 0 amide bonds. The van der Waals surface area contributed by atoms with Crippen molar-refractivity contribution in [3.05, 3.63) is 52.9 Å². The van der Waals surface area contributed by atoms with Crippen molar-refractivity contribution in [2.45, 2.75) is 6.61 Å². The van der Waals surface area contributed by atoms with Crippen molar-refractivity contribution in [1.29, 1.82) is 0 Å². The molecule has 2 rings (SSSR count). The second-order valence-corrected chi connectivity index (χ2v) is 3.93. The van der Waals surface area contributed by atoms with E-state index in [1.54, 1.807) is 0 Å². The largest absolute Gasteiger partial charge is 0.493 e. The predicted octanol–water partition coefficient (Wildman–Crippen LogP) is 3.46. The summed E-state index contributed by atoms with van der Waals surface area (Å²) in [6, 6.07) is 10.7. The minimum absolute atomic E-state index is 0.0121. The number of aromatic nitrogens is 1. The highest BCUT2D eigenvalue weighted by atomic mass is 35.5. The molecule has 0 unspecified atom stereocenters. The van der Waals surface area contributed by atoms with Crippen LogP contribution in [0.5, 0.6) is 11.6 Å². The fourth-order valence-electron chi connectivity index (χ4n) is 1.43. The minimum atomic E-state index is -0.655. The third-order valence-corrected chi connectivity index (χ3v) is 2.49. The first-order valence-electron chi connectivity index (χ1n) is 5.27. The molecular formula is C13H11ClFNO2. The second kappa shape index (κ2) is 5.69. The van der Waals surface area contributed by atoms with E-state index in [4.69, 9.17) is 21.1 Å². The van der Waals surface area contributed by atoms with Crippen molar-refractivity contribution in [1.82, 2.24) is 4.98 Å². The summed E-state index contributed by atoms with van der Waals surface area (Å²) in [5, 5.41) is 0.122. The Morgan fingerprint density at radius 2 is 2.00 bits per heavy atom. The van der Waals surface area contributed by atoms with Gasteiger partial charge in [0, 0.05) is 6.07 Å². The van der Waals surface area contributed by atoms with Gasteiger partial charge in [0.2, 0.25) is 5.82 Å². The smallest absolute Gasteiger partial charge is 0.256 e. The maximum Gasteiger partial charge on any atom is 0.256 e. The van der Waals surface area contributed by atoms with Gasteiger partial charge in [-0.05, 0) is 5.56 Å². The van der Waals surface area contributed by atoms with Gasteiger partial charge in [0.1, 0.15) is 11.8 Å². The van der Waals surface area contributed by atoms with Gasteiger partial charge in [0.25, 0.3) is 5.88 Å². The van der Waals surface area contributed by atoms with Crippen molar-refractivity contribution in [3.8, 4) is 11.6 Å². The quantitative estimate of drug-likeness (QED) is 0.795. The highest BCUT2D eigenvalue weighted by molar-refractivity contribution is 6.29. The molecule has 1 aromatic carbocycles. The summed E-state index contributed by atoms with van der Waals surface area (Å²) in [7, 11) is 1.36. The monoisotopic (exact) mass is 267 g/mol. The predicted molar refractivity (Wildman–Crippen MR) is 66.5 cm³/mol. The summed E-state index contributed by atoms with van der Waals surface area (Å²) in [6.07, 6.45) is 0. The van der Waals surface area contributed by atoms with Crippen molar-refractivity contribution >= 4 is 11.6 Å². The average Bonchev–Trinajstić information content (AvgIpc) is 2.40. The number of nitrogens with zero attached hydrogens (tertiary/aromatic N) is 1. The van der Waals surface area contributed by atoms with E-state index in [9.17, 15) is 4.39 Å². The number of halogens is 2. The molecule has 1 heterocycles. The number of methoxy groups -OCH3 is 1. The Balaban J connectivity index is 2.17. The summed E-state index contributed by atoms with van der Waals surface area (Å²) in [5.74, 6) is -0.806. The Hall–Kier alpha value is -1.81. The zero-order valence-electron chi connectivity index (χ0n) is 9.69. The lowest BCUT2D eigenvalue weighted by molar-refractivity contribution is 0.269. The first-order valence-corrected chi connectivity index (χ1v) is 5.65.